The van der Waals surface area contributed by atoms with E-state index in [2.05, 4.69) is 17.1 Å². The van der Waals surface area contributed by atoms with Crippen LogP contribution in [0.3, 0.4) is 0 Å². The lowest BCUT2D eigenvalue weighted by molar-refractivity contribution is 0.185. The van der Waals surface area contributed by atoms with E-state index in [1.165, 1.54) is 12.1 Å². The topological polar surface area (TPSA) is 15.3 Å². The maximum atomic E-state index is 12.9. The number of nitrogens with one attached hydrogen (secondary N) is 1. The second-order valence-electron chi connectivity index (χ2n) is 4.13. The molecule has 0 spiro atoms. The van der Waals surface area contributed by atoms with Crippen molar-refractivity contribution in [3.05, 3.63) is 34.6 Å². The Labute approximate surface area is 113 Å². The zero-order valence-electron chi connectivity index (χ0n) is 9.75. The van der Waals surface area contributed by atoms with Gasteiger partial charge in [0.15, 0.2) is 0 Å². The molecular formula is C12H17Cl2FN2. The summed E-state index contributed by atoms with van der Waals surface area (Å²) in [5.41, 5.74) is 1.00. The van der Waals surface area contributed by atoms with Gasteiger partial charge in [-0.15, -0.1) is 12.4 Å². The number of rotatable bonds is 2. The minimum absolute atomic E-state index is 0. The average molecular weight is 279 g/mol. The van der Waals surface area contributed by atoms with E-state index in [0.29, 0.717) is 5.02 Å². The molecule has 0 aliphatic carbocycles. The summed E-state index contributed by atoms with van der Waals surface area (Å²) in [5, 5.41) is 3.83. The number of halogens is 3. The smallest absolute Gasteiger partial charge is 0.124 e. The maximum absolute atomic E-state index is 12.9. The lowest BCUT2D eigenvalue weighted by Gasteiger charge is -2.33. The summed E-state index contributed by atoms with van der Waals surface area (Å²) in [5.74, 6) is -0.277. The highest BCUT2D eigenvalue weighted by Gasteiger charge is 2.19. The van der Waals surface area contributed by atoms with Gasteiger partial charge < -0.3 is 5.32 Å². The van der Waals surface area contributed by atoms with E-state index in [0.717, 1.165) is 31.7 Å². The largest absolute Gasteiger partial charge is 0.314 e. The van der Waals surface area contributed by atoms with Crippen molar-refractivity contribution in [3.63, 3.8) is 0 Å². The molecule has 1 saturated heterocycles. The third kappa shape index (κ3) is 3.55. The Balaban J connectivity index is 0.00000144. The van der Waals surface area contributed by atoms with Crippen LogP contribution in [0.5, 0.6) is 0 Å². The molecule has 17 heavy (non-hydrogen) atoms. The normalized spacial score (nSPS) is 18.5. The van der Waals surface area contributed by atoms with E-state index in [1.807, 2.05) is 0 Å². The summed E-state index contributed by atoms with van der Waals surface area (Å²) in [7, 11) is 0. The molecule has 0 amide bonds. The third-order valence-electron chi connectivity index (χ3n) is 3.11. The molecule has 1 atom stereocenters. The molecule has 1 fully saturated rings. The van der Waals surface area contributed by atoms with Crippen LogP contribution in [0.25, 0.3) is 0 Å². The summed E-state index contributed by atoms with van der Waals surface area (Å²) in [6.45, 7) is 6.14. The van der Waals surface area contributed by atoms with Crippen LogP contribution in [0.4, 0.5) is 4.39 Å². The van der Waals surface area contributed by atoms with Crippen LogP contribution in [0.1, 0.15) is 18.5 Å². The van der Waals surface area contributed by atoms with Gasteiger partial charge in [0.25, 0.3) is 0 Å². The SMILES string of the molecule is C[C@H](c1ccc(F)cc1Cl)N1CCNCC1.Cl. The van der Waals surface area contributed by atoms with Crippen LogP contribution in [-0.4, -0.2) is 31.1 Å². The number of hydrogen-bond donors (Lipinski definition) is 1. The predicted octanol–water partition coefficient (Wildman–Crippen LogP) is 2.87. The highest BCUT2D eigenvalue weighted by Crippen LogP contribution is 2.27. The molecule has 1 aliphatic rings. The first-order chi connectivity index (χ1) is 7.68. The lowest BCUT2D eigenvalue weighted by Crippen LogP contribution is -2.44. The molecule has 0 radical (unpaired) electrons. The van der Waals surface area contributed by atoms with Gasteiger partial charge in [-0.05, 0) is 24.6 Å². The highest BCUT2D eigenvalue weighted by atomic mass is 35.5. The van der Waals surface area contributed by atoms with Crippen LogP contribution in [-0.2, 0) is 0 Å². The summed E-state index contributed by atoms with van der Waals surface area (Å²) in [6.07, 6.45) is 0. The summed E-state index contributed by atoms with van der Waals surface area (Å²) < 4.78 is 12.9. The van der Waals surface area contributed by atoms with Crippen molar-refractivity contribution >= 4 is 24.0 Å². The van der Waals surface area contributed by atoms with Gasteiger partial charge in [-0.2, -0.15) is 0 Å². The zero-order valence-corrected chi connectivity index (χ0v) is 11.3. The van der Waals surface area contributed by atoms with Gasteiger partial charge in [0.2, 0.25) is 0 Å². The van der Waals surface area contributed by atoms with Crippen LogP contribution in [0, 0.1) is 5.82 Å². The van der Waals surface area contributed by atoms with Crippen molar-refractivity contribution in [2.24, 2.45) is 0 Å². The van der Waals surface area contributed by atoms with Crippen molar-refractivity contribution in [2.45, 2.75) is 13.0 Å². The van der Waals surface area contributed by atoms with Crippen LogP contribution >= 0.6 is 24.0 Å². The average Bonchev–Trinajstić information content (AvgIpc) is 2.29. The van der Waals surface area contributed by atoms with Gasteiger partial charge in [0.1, 0.15) is 5.82 Å². The molecule has 1 heterocycles. The van der Waals surface area contributed by atoms with Crippen molar-refractivity contribution < 1.29 is 4.39 Å². The number of benzene rings is 1. The molecule has 1 aromatic rings. The highest BCUT2D eigenvalue weighted by molar-refractivity contribution is 6.31. The van der Waals surface area contributed by atoms with Crippen molar-refractivity contribution in [1.82, 2.24) is 10.2 Å². The van der Waals surface area contributed by atoms with Crippen LogP contribution in [0.15, 0.2) is 18.2 Å². The van der Waals surface area contributed by atoms with E-state index in [-0.39, 0.29) is 24.3 Å². The lowest BCUT2D eigenvalue weighted by atomic mass is 10.1. The van der Waals surface area contributed by atoms with Gasteiger partial charge >= 0.3 is 0 Å². The minimum Gasteiger partial charge on any atom is -0.314 e. The van der Waals surface area contributed by atoms with Gasteiger partial charge in [0.05, 0.1) is 0 Å². The quantitative estimate of drug-likeness (QED) is 0.895. The molecular weight excluding hydrogens is 262 g/mol. The van der Waals surface area contributed by atoms with Crippen LogP contribution in [0.2, 0.25) is 5.02 Å². The fourth-order valence-corrected chi connectivity index (χ4v) is 2.43. The van der Waals surface area contributed by atoms with Crippen molar-refractivity contribution in [3.8, 4) is 0 Å². The Morgan fingerprint density at radius 1 is 1.35 bits per heavy atom. The summed E-state index contributed by atoms with van der Waals surface area (Å²) >= 11 is 6.06. The number of hydrogen-bond acceptors (Lipinski definition) is 2. The number of nitrogens with zero attached hydrogens (tertiary/aromatic N) is 1. The third-order valence-corrected chi connectivity index (χ3v) is 3.44. The Hall–Kier alpha value is -0.350. The molecule has 0 saturated carbocycles. The van der Waals surface area contributed by atoms with E-state index in [1.54, 1.807) is 6.07 Å². The summed E-state index contributed by atoms with van der Waals surface area (Å²) in [6, 6.07) is 4.88. The van der Waals surface area contributed by atoms with Crippen molar-refractivity contribution in [1.29, 1.82) is 0 Å². The fourth-order valence-electron chi connectivity index (χ4n) is 2.11. The summed E-state index contributed by atoms with van der Waals surface area (Å²) in [4.78, 5) is 2.36. The Kier molecular flexibility index (Phi) is 5.67. The monoisotopic (exact) mass is 278 g/mol. The Morgan fingerprint density at radius 2 is 2.00 bits per heavy atom. The maximum Gasteiger partial charge on any atom is 0.124 e. The standard InChI is InChI=1S/C12H16ClFN2.ClH/c1-9(16-6-4-15-5-7-16)11-3-2-10(14)8-12(11)13;/h2-3,8-9,15H,4-7H2,1H3;1H/t9-;/m1./s1. The molecule has 1 aromatic carbocycles. The van der Waals surface area contributed by atoms with E-state index in [9.17, 15) is 4.39 Å². The molecule has 5 heteroatoms. The molecule has 2 nitrogen and oxygen atoms in total. The first kappa shape index (κ1) is 14.7. The zero-order chi connectivity index (χ0) is 11.5. The number of piperazine rings is 1. The fraction of sp³-hybridized carbons (Fsp3) is 0.500. The molecule has 0 aromatic heterocycles. The van der Waals surface area contributed by atoms with Gasteiger partial charge in [-0.3, -0.25) is 4.90 Å². The first-order valence-electron chi connectivity index (χ1n) is 5.58. The Morgan fingerprint density at radius 3 is 2.59 bits per heavy atom. The van der Waals surface area contributed by atoms with Gasteiger partial charge in [0, 0.05) is 37.2 Å². The first-order valence-corrected chi connectivity index (χ1v) is 5.96. The predicted molar refractivity (Wildman–Crippen MR) is 71.5 cm³/mol. The van der Waals surface area contributed by atoms with Crippen LogP contribution < -0.4 is 5.32 Å². The molecule has 0 bridgehead atoms. The Bertz CT molecular complexity index is 368. The molecule has 1 N–H and O–H groups in total. The second-order valence-corrected chi connectivity index (χ2v) is 4.53. The molecule has 0 unspecified atom stereocenters. The molecule has 96 valence electrons. The minimum atomic E-state index is -0.277. The van der Waals surface area contributed by atoms with E-state index < -0.39 is 0 Å². The van der Waals surface area contributed by atoms with Crippen molar-refractivity contribution in [2.75, 3.05) is 26.2 Å². The van der Waals surface area contributed by atoms with E-state index >= 15 is 0 Å². The molecule has 2 rings (SSSR count). The second kappa shape index (κ2) is 6.55. The molecule has 1 aliphatic heterocycles. The van der Waals surface area contributed by atoms with Gasteiger partial charge in [-0.25, -0.2) is 4.39 Å². The van der Waals surface area contributed by atoms with E-state index in [4.69, 9.17) is 11.6 Å². The van der Waals surface area contributed by atoms with Gasteiger partial charge in [-0.1, -0.05) is 17.7 Å².